The van der Waals surface area contributed by atoms with Crippen LogP contribution in [-0.2, 0) is 20.4 Å². The maximum Gasteiger partial charge on any atom is 0.237 e. The van der Waals surface area contributed by atoms with Crippen molar-refractivity contribution in [1.82, 2.24) is 4.90 Å². The third-order valence-corrected chi connectivity index (χ3v) is 5.23. The molecule has 21 heavy (non-hydrogen) atoms. The van der Waals surface area contributed by atoms with Crippen molar-refractivity contribution in [1.29, 1.82) is 0 Å². The Morgan fingerprint density at radius 2 is 1.81 bits per heavy atom. The molecule has 1 aromatic carbocycles. The average molecular weight is 334 g/mol. The number of carbonyl (C=O) groups excluding carboxylic acids is 1. The zero-order chi connectivity index (χ0) is 15.6. The van der Waals surface area contributed by atoms with Gasteiger partial charge in [-0.25, -0.2) is 8.42 Å². The van der Waals surface area contributed by atoms with Gasteiger partial charge in [-0.3, -0.25) is 4.79 Å². The summed E-state index contributed by atoms with van der Waals surface area (Å²) in [5, 5.41) is -0.848. The van der Waals surface area contributed by atoms with E-state index < -0.39 is 14.3 Å². The van der Waals surface area contributed by atoms with E-state index in [-0.39, 0.29) is 25.4 Å². The Bertz CT molecular complexity index is 624. The minimum absolute atomic E-state index is 0.0765. The topological polar surface area (TPSA) is 72.9 Å². The van der Waals surface area contributed by atoms with Crippen molar-refractivity contribution in [3.8, 4) is 11.5 Å². The van der Waals surface area contributed by atoms with Crippen molar-refractivity contribution in [2.45, 2.75) is 18.2 Å². The van der Waals surface area contributed by atoms with Gasteiger partial charge in [0.05, 0.1) is 14.2 Å². The van der Waals surface area contributed by atoms with Gasteiger partial charge in [0.2, 0.25) is 15.0 Å². The largest absolute Gasteiger partial charge is 0.497 e. The van der Waals surface area contributed by atoms with Crippen molar-refractivity contribution in [2.24, 2.45) is 0 Å². The van der Waals surface area contributed by atoms with Crippen LogP contribution in [0.2, 0.25) is 0 Å². The number of hydrogen-bond donors (Lipinski definition) is 0. The zero-order valence-electron chi connectivity index (χ0n) is 11.7. The van der Waals surface area contributed by atoms with Crippen LogP contribution < -0.4 is 9.47 Å². The van der Waals surface area contributed by atoms with E-state index in [0.717, 1.165) is 5.56 Å². The van der Waals surface area contributed by atoms with Gasteiger partial charge in [0.1, 0.15) is 16.7 Å². The molecule has 1 heterocycles. The first-order valence-electron chi connectivity index (χ1n) is 6.26. The van der Waals surface area contributed by atoms with E-state index in [2.05, 4.69) is 0 Å². The molecule has 1 aliphatic heterocycles. The van der Waals surface area contributed by atoms with Crippen LogP contribution >= 0.6 is 10.7 Å². The SMILES string of the molecule is COc1cc(CN2CC(S(=O)(=O)Cl)CC2=O)cc(OC)c1. The third kappa shape index (κ3) is 3.79. The number of benzene rings is 1. The second kappa shape index (κ2) is 6.11. The van der Waals surface area contributed by atoms with Gasteiger partial charge in [0.25, 0.3) is 0 Å². The minimum atomic E-state index is -3.73. The second-order valence-electron chi connectivity index (χ2n) is 4.80. The van der Waals surface area contributed by atoms with Crippen LogP contribution in [-0.4, -0.2) is 45.2 Å². The highest BCUT2D eigenvalue weighted by Crippen LogP contribution is 2.26. The van der Waals surface area contributed by atoms with Crippen molar-refractivity contribution in [2.75, 3.05) is 20.8 Å². The lowest BCUT2D eigenvalue weighted by atomic mass is 10.2. The van der Waals surface area contributed by atoms with Crippen LogP contribution in [0.25, 0.3) is 0 Å². The van der Waals surface area contributed by atoms with Crippen LogP contribution in [0.3, 0.4) is 0 Å². The smallest absolute Gasteiger partial charge is 0.237 e. The van der Waals surface area contributed by atoms with E-state index in [4.69, 9.17) is 20.2 Å². The maximum atomic E-state index is 11.9. The molecule has 2 rings (SSSR count). The first-order chi connectivity index (χ1) is 9.83. The van der Waals surface area contributed by atoms with Crippen molar-refractivity contribution in [3.05, 3.63) is 23.8 Å². The summed E-state index contributed by atoms with van der Waals surface area (Å²) in [7, 11) is 4.67. The third-order valence-electron chi connectivity index (χ3n) is 3.36. The summed E-state index contributed by atoms with van der Waals surface area (Å²) in [4.78, 5) is 13.4. The maximum absolute atomic E-state index is 11.9. The Hall–Kier alpha value is -1.47. The van der Waals surface area contributed by atoms with Gasteiger partial charge < -0.3 is 14.4 Å². The molecule has 1 aliphatic rings. The minimum Gasteiger partial charge on any atom is -0.497 e. The van der Waals surface area contributed by atoms with Crippen molar-refractivity contribution >= 4 is 25.6 Å². The fourth-order valence-electron chi connectivity index (χ4n) is 2.26. The summed E-state index contributed by atoms with van der Waals surface area (Å²) in [5.41, 5.74) is 0.798. The van der Waals surface area contributed by atoms with E-state index in [1.807, 2.05) is 0 Å². The summed E-state index contributed by atoms with van der Waals surface area (Å²) in [5.74, 6) is 0.987. The highest BCUT2D eigenvalue weighted by atomic mass is 35.7. The predicted octanol–water partition coefficient (Wildman–Crippen LogP) is 1.37. The summed E-state index contributed by atoms with van der Waals surface area (Å²) in [6.45, 7) is 0.388. The van der Waals surface area contributed by atoms with Gasteiger partial charge in [0, 0.05) is 36.3 Å². The number of halogens is 1. The molecule has 1 aromatic rings. The highest BCUT2D eigenvalue weighted by Gasteiger charge is 2.37. The highest BCUT2D eigenvalue weighted by molar-refractivity contribution is 8.14. The fourth-order valence-corrected chi connectivity index (χ4v) is 3.31. The number of nitrogens with zero attached hydrogens (tertiary/aromatic N) is 1. The van der Waals surface area contributed by atoms with E-state index >= 15 is 0 Å². The molecule has 0 aromatic heterocycles. The van der Waals surface area contributed by atoms with Crippen molar-refractivity contribution < 1.29 is 22.7 Å². The lowest BCUT2D eigenvalue weighted by molar-refractivity contribution is -0.128. The molecular formula is C13H16ClNO5S. The van der Waals surface area contributed by atoms with Gasteiger partial charge in [-0.15, -0.1) is 0 Å². The molecule has 0 saturated carbocycles. The van der Waals surface area contributed by atoms with Crippen molar-refractivity contribution in [3.63, 3.8) is 0 Å². The lowest BCUT2D eigenvalue weighted by Crippen LogP contribution is -2.26. The van der Waals surface area contributed by atoms with Gasteiger partial charge in [-0.2, -0.15) is 0 Å². The Morgan fingerprint density at radius 3 is 2.24 bits per heavy atom. The van der Waals surface area contributed by atoms with Crippen LogP contribution in [0, 0.1) is 0 Å². The molecule has 6 nitrogen and oxygen atoms in total. The average Bonchev–Trinajstić information content (AvgIpc) is 2.79. The zero-order valence-corrected chi connectivity index (χ0v) is 13.3. The molecule has 1 unspecified atom stereocenters. The number of ether oxygens (including phenoxy) is 2. The van der Waals surface area contributed by atoms with Gasteiger partial charge >= 0.3 is 0 Å². The second-order valence-corrected chi connectivity index (χ2v) is 7.71. The Labute approximate surface area is 128 Å². The summed E-state index contributed by atoms with van der Waals surface area (Å²) in [6, 6.07) is 5.28. The van der Waals surface area contributed by atoms with Crippen LogP contribution in [0.1, 0.15) is 12.0 Å². The van der Waals surface area contributed by atoms with E-state index in [1.165, 1.54) is 19.1 Å². The molecular weight excluding hydrogens is 318 g/mol. The molecule has 0 radical (unpaired) electrons. The van der Waals surface area contributed by atoms with Crippen LogP contribution in [0.5, 0.6) is 11.5 Å². The number of amides is 1. The monoisotopic (exact) mass is 333 g/mol. The lowest BCUT2D eigenvalue weighted by Gasteiger charge is -2.17. The molecule has 8 heteroatoms. The molecule has 0 aliphatic carbocycles. The molecule has 1 saturated heterocycles. The quantitative estimate of drug-likeness (QED) is 0.761. The number of carbonyl (C=O) groups is 1. The Morgan fingerprint density at radius 1 is 1.24 bits per heavy atom. The van der Waals surface area contributed by atoms with Crippen LogP contribution in [0.4, 0.5) is 0 Å². The number of likely N-dealkylation sites (tertiary alicyclic amines) is 1. The number of methoxy groups -OCH3 is 2. The summed E-state index contributed by atoms with van der Waals surface area (Å²) < 4.78 is 33.0. The standard InChI is InChI=1S/C13H16ClNO5S/c1-19-10-3-9(4-11(5-10)20-2)7-15-8-12(6-13(15)16)21(14,17)18/h3-5,12H,6-8H2,1-2H3. The van der Waals surface area contributed by atoms with E-state index in [9.17, 15) is 13.2 Å². The number of rotatable bonds is 5. The summed E-state index contributed by atoms with van der Waals surface area (Å²) >= 11 is 0. The molecule has 1 atom stereocenters. The van der Waals surface area contributed by atoms with Gasteiger partial charge in [-0.05, 0) is 17.7 Å². The molecule has 116 valence electrons. The first kappa shape index (κ1) is 15.9. The molecule has 0 N–H and O–H groups in total. The Kier molecular flexibility index (Phi) is 4.63. The van der Waals surface area contributed by atoms with E-state index in [1.54, 1.807) is 18.2 Å². The first-order valence-corrected chi connectivity index (χ1v) is 8.64. The Balaban J connectivity index is 2.17. The molecule has 0 bridgehead atoms. The molecule has 1 amide bonds. The fraction of sp³-hybridized carbons (Fsp3) is 0.462. The normalized spacial score (nSPS) is 18.9. The predicted molar refractivity (Wildman–Crippen MR) is 78.1 cm³/mol. The van der Waals surface area contributed by atoms with Gasteiger partial charge in [0.15, 0.2) is 0 Å². The van der Waals surface area contributed by atoms with E-state index in [0.29, 0.717) is 11.5 Å². The van der Waals surface area contributed by atoms with Gasteiger partial charge in [-0.1, -0.05) is 0 Å². The molecule has 1 fully saturated rings. The molecule has 0 spiro atoms. The van der Waals surface area contributed by atoms with Crippen LogP contribution in [0.15, 0.2) is 18.2 Å². The summed E-state index contributed by atoms with van der Waals surface area (Å²) in [6.07, 6.45) is -0.0765. The number of hydrogen-bond acceptors (Lipinski definition) is 5.